The summed E-state index contributed by atoms with van der Waals surface area (Å²) in [4.78, 5) is 52.5. The van der Waals surface area contributed by atoms with Gasteiger partial charge in [0.05, 0.1) is 11.7 Å². The number of amides is 2. The topological polar surface area (TPSA) is 190 Å². The summed E-state index contributed by atoms with van der Waals surface area (Å²) in [5.41, 5.74) is 7.00. The molecule has 0 aromatic carbocycles. The second kappa shape index (κ2) is 9.98. The van der Waals surface area contributed by atoms with E-state index in [2.05, 4.69) is 30.8 Å². The molecule has 0 aliphatic carbocycles. The Labute approximate surface area is 221 Å². The Kier molecular flexibility index (Phi) is 6.74. The van der Waals surface area contributed by atoms with Crippen molar-refractivity contribution in [3.8, 4) is 0 Å². The predicted octanol–water partition coefficient (Wildman–Crippen LogP) is 0.353. The zero-order valence-electron chi connectivity index (χ0n) is 19.3. The van der Waals surface area contributed by atoms with Crippen molar-refractivity contribution >= 4 is 69.0 Å². The molecule has 0 saturated carbocycles. The Morgan fingerprint density at radius 2 is 2.22 bits per heavy atom. The minimum absolute atomic E-state index is 0.0753. The fourth-order valence-electron chi connectivity index (χ4n) is 3.89. The van der Waals surface area contributed by atoms with E-state index >= 15 is 0 Å². The number of rotatable bonds is 8. The first-order valence-corrected chi connectivity index (χ1v) is 13.5. The van der Waals surface area contributed by atoms with Gasteiger partial charge in [0.25, 0.3) is 11.8 Å². The van der Waals surface area contributed by atoms with Crippen molar-refractivity contribution in [1.29, 1.82) is 0 Å². The summed E-state index contributed by atoms with van der Waals surface area (Å²) in [6, 6.07) is 0.882. The number of hydrogen-bond acceptors (Lipinski definition) is 13. The van der Waals surface area contributed by atoms with Gasteiger partial charge in [-0.05, 0) is 18.6 Å². The Balaban J connectivity index is 1.32. The number of thioether (sulfide) groups is 2. The van der Waals surface area contributed by atoms with E-state index in [1.807, 2.05) is 6.07 Å². The van der Waals surface area contributed by atoms with Gasteiger partial charge in [0.1, 0.15) is 40.8 Å². The summed E-state index contributed by atoms with van der Waals surface area (Å²) in [5, 5.41) is 26.0. The molecular weight excluding hydrogens is 542 g/mol. The average molecular weight is 562 g/mol. The number of nitrogens with one attached hydrogen (secondary N) is 1. The van der Waals surface area contributed by atoms with Crippen LogP contribution < -0.4 is 11.1 Å². The largest absolute Gasteiger partial charge is 0.477 e. The summed E-state index contributed by atoms with van der Waals surface area (Å²) in [5.74, 6) is -1.08. The number of nitrogens with zero attached hydrogens (tertiary/aromatic N) is 7. The van der Waals surface area contributed by atoms with Gasteiger partial charge in [0.15, 0.2) is 10.8 Å². The molecule has 192 valence electrons. The second-order valence-electron chi connectivity index (χ2n) is 7.81. The number of thiazole rings is 1. The number of β-lactam (4-membered cyclic amide) rings is 1. The van der Waals surface area contributed by atoms with Crippen molar-refractivity contribution in [3.63, 3.8) is 0 Å². The number of carbonyl (C=O) groups excluding carboxylic acids is 2. The zero-order chi connectivity index (χ0) is 26.3. The van der Waals surface area contributed by atoms with E-state index in [0.717, 1.165) is 16.9 Å². The molecule has 2 atom stereocenters. The maximum Gasteiger partial charge on any atom is 0.352 e. The van der Waals surface area contributed by atoms with Crippen LogP contribution in [0.4, 0.5) is 5.13 Å². The van der Waals surface area contributed by atoms with Gasteiger partial charge in [0.2, 0.25) is 0 Å². The fourth-order valence-corrected chi connectivity index (χ4v) is 6.87. The van der Waals surface area contributed by atoms with Gasteiger partial charge in [-0.2, -0.15) is 4.52 Å². The maximum absolute atomic E-state index is 13.0. The van der Waals surface area contributed by atoms with Crippen molar-refractivity contribution in [1.82, 2.24) is 35.0 Å². The number of carboxylic acids is 1. The molecule has 0 radical (unpaired) electrons. The number of nitrogen functional groups attached to an aromatic ring is 1. The number of aliphatic carboxylic acids is 1. The highest BCUT2D eigenvalue weighted by Crippen LogP contribution is 2.41. The van der Waals surface area contributed by atoms with Crippen molar-refractivity contribution < 1.29 is 24.3 Å². The Morgan fingerprint density at radius 1 is 1.41 bits per heavy atom. The summed E-state index contributed by atoms with van der Waals surface area (Å²) in [7, 11) is 1.28. The van der Waals surface area contributed by atoms with Crippen LogP contribution in [0.3, 0.4) is 0 Å². The van der Waals surface area contributed by atoms with E-state index in [1.165, 1.54) is 35.5 Å². The van der Waals surface area contributed by atoms with Crippen LogP contribution in [-0.2, 0) is 19.2 Å². The highest BCUT2D eigenvalue weighted by atomic mass is 32.2. The molecule has 2 aliphatic heterocycles. The Bertz CT molecular complexity index is 1480. The van der Waals surface area contributed by atoms with Gasteiger partial charge in [-0.15, -0.1) is 40.0 Å². The average Bonchev–Trinajstić information content (AvgIpc) is 3.52. The second-order valence-corrected chi connectivity index (χ2v) is 10.8. The van der Waals surface area contributed by atoms with Gasteiger partial charge >= 0.3 is 5.97 Å². The van der Waals surface area contributed by atoms with Crippen molar-refractivity contribution in [2.75, 3.05) is 24.3 Å². The lowest BCUT2D eigenvalue weighted by atomic mass is 10.0. The molecule has 3 aromatic rings. The van der Waals surface area contributed by atoms with Gasteiger partial charge < -0.3 is 21.0 Å². The standard InChI is InChI=1S/C20H19N9O5S3/c1-8-23-12(3-10-4-22-27-29(8)10)35-5-9-6-36-18-14(17(31)28(18)15(9)19(32)33)25-16(30)13(26-34-2)11-7-37-20(21)24-11/h3-4,7,14,18H,5-6H2,1-2H3,(H2,21,24)(H,25,30)(H,32,33)/b26-13-/t14-,18-/m1/s1. The third kappa shape index (κ3) is 4.60. The predicted molar refractivity (Wildman–Crippen MR) is 136 cm³/mol. The Morgan fingerprint density at radius 3 is 2.92 bits per heavy atom. The van der Waals surface area contributed by atoms with Crippen LogP contribution in [0.2, 0.25) is 0 Å². The monoisotopic (exact) mass is 561 g/mol. The number of hydrogen-bond donors (Lipinski definition) is 3. The van der Waals surface area contributed by atoms with Gasteiger partial charge in [-0.3, -0.25) is 14.5 Å². The highest BCUT2D eigenvalue weighted by Gasteiger charge is 2.54. The molecule has 0 unspecified atom stereocenters. The molecule has 1 saturated heterocycles. The van der Waals surface area contributed by atoms with E-state index in [0.29, 0.717) is 27.9 Å². The minimum Gasteiger partial charge on any atom is -0.477 e. The quantitative estimate of drug-likeness (QED) is 0.113. The molecule has 2 amide bonds. The van der Waals surface area contributed by atoms with E-state index in [1.54, 1.807) is 23.0 Å². The molecule has 14 nitrogen and oxygen atoms in total. The zero-order valence-corrected chi connectivity index (χ0v) is 21.8. The molecule has 2 aliphatic rings. The third-order valence-electron chi connectivity index (χ3n) is 5.52. The van der Waals surface area contributed by atoms with E-state index in [9.17, 15) is 19.5 Å². The van der Waals surface area contributed by atoms with Crippen LogP contribution in [0.25, 0.3) is 5.52 Å². The molecule has 5 heterocycles. The molecule has 1 fully saturated rings. The molecule has 37 heavy (non-hydrogen) atoms. The SMILES string of the molecule is CO/N=C(\C(=O)N[C@@H]1C(=O)N2C(C(=O)O)=C(CSc3cc4cnnn4c(C)n3)CS[C@H]12)c1csc(N)n1. The molecular formula is C20H19N9O5S3. The van der Waals surface area contributed by atoms with Gasteiger partial charge in [-0.1, -0.05) is 10.4 Å². The van der Waals surface area contributed by atoms with Crippen LogP contribution >= 0.6 is 34.9 Å². The first-order chi connectivity index (χ1) is 17.8. The van der Waals surface area contributed by atoms with Gasteiger partial charge in [0, 0.05) is 16.9 Å². The summed E-state index contributed by atoms with van der Waals surface area (Å²) in [6.45, 7) is 1.80. The first-order valence-electron chi connectivity index (χ1n) is 10.6. The lowest BCUT2D eigenvalue weighted by molar-refractivity contribution is -0.150. The lowest BCUT2D eigenvalue weighted by Gasteiger charge is -2.49. The third-order valence-corrected chi connectivity index (χ3v) is 8.53. The highest BCUT2D eigenvalue weighted by molar-refractivity contribution is 8.01. The number of fused-ring (bicyclic) bond motifs is 2. The van der Waals surface area contributed by atoms with Crippen molar-refractivity contribution in [3.05, 3.63) is 40.4 Å². The smallest absolute Gasteiger partial charge is 0.352 e. The van der Waals surface area contributed by atoms with E-state index in [-0.39, 0.29) is 22.2 Å². The van der Waals surface area contributed by atoms with Crippen molar-refractivity contribution in [2.24, 2.45) is 5.16 Å². The molecule has 0 spiro atoms. The van der Waals surface area contributed by atoms with Gasteiger partial charge in [-0.25, -0.2) is 14.8 Å². The van der Waals surface area contributed by atoms with Crippen LogP contribution in [0.15, 0.2) is 39.1 Å². The number of oxime groups is 1. The number of aromatic nitrogens is 5. The molecule has 0 bridgehead atoms. The summed E-state index contributed by atoms with van der Waals surface area (Å²) in [6.07, 6.45) is 1.61. The number of carboxylic acid groups (broad SMARTS) is 1. The van der Waals surface area contributed by atoms with E-state index in [4.69, 9.17) is 10.6 Å². The first kappa shape index (κ1) is 25.0. The number of aryl methyl sites for hydroxylation is 1. The maximum atomic E-state index is 13.0. The summed E-state index contributed by atoms with van der Waals surface area (Å²) < 4.78 is 1.60. The minimum atomic E-state index is -1.21. The van der Waals surface area contributed by atoms with Crippen molar-refractivity contribution in [2.45, 2.75) is 23.4 Å². The molecule has 17 heteroatoms. The molecule has 4 N–H and O–H groups in total. The number of anilines is 1. The summed E-state index contributed by atoms with van der Waals surface area (Å²) >= 11 is 3.86. The van der Waals surface area contributed by atoms with Crippen LogP contribution in [0.5, 0.6) is 0 Å². The van der Waals surface area contributed by atoms with E-state index < -0.39 is 29.2 Å². The van der Waals surface area contributed by atoms with Crippen LogP contribution in [0.1, 0.15) is 11.5 Å². The normalized spacial score (nSPS) is 19.6. The van der Waals surface area contributed by atoms with Crippen LogP contribution in [0, 0.1) is 6.92 Å². The molecule has 5 rings (SSSR count). The molecule has 3 aromatic heterocycles. The Hall–Kier alpha value is -3.70. The number of carbonyl (C=O) groups is 3. The lowest BCUT2D eigenvalue weighted by Crippen LogP contribution is -2.71. The number of nitrogens with two attached hydrogens (primary N) is 1. The van der Waals surface area contributed by atoms with Crippen LogP contribution in [-0.4, -0.2) is 88.3 Å². The fraction of sp³-hybridized carbons (Fsp3) is 0.300.